The first-order chi connectivity index (χ1) is 10.4. The lowest BCUT2D eigenvalue weighted by atomic mass is 9.83. The summed E-state index contributed by atoms with van der Waals surface area (Å²) in [4.78, 5) is 11.8. The molecule has 1 amide bonds. The van der Waals surface area contributed by atoms with Gasteiger partial charge in [-0.1, -0.05) is 4.40 Å². The van der Waals surface area contributed by atoms with Crippen molar-refractivity contribution in [2.45, 2.75) is 90.5 Å². The molecule has 0 saturated heterocycles. The van der Waals surface area contributed by atoms with Crippen molar-refractivity contribution < 1.29 is 14.1 Å². The fraction of sp³-hybridized carbons (Fsp3) is 0.882. The second kappa shape index (κ2) is 7.88. The van der Waals surface area contributed by atoms with E-state index in [0.29, 0.717) is 5.92 Å². The highest BCUT2D eigenvalue weighted by Crippen LogP contribution is 2.27. The first-order valence-corrected chi connectivity index (χ1v) is 9.46. The van der Waals surface area contributed by atoms with Gasteiger partial charge < -0.3 is 14.6 Å². The Balaban J connectivity index is 2.46. The van der Waals surface area contributed by atoms with E-state index in [9.17, 15) is 9.35 Å². The molecule has 1 fully saturated rings. The van der Waals surface area contributed by atoms with E-state index in [1.54, 1.807) is 0 Å². The van der Waals surface area contributed by atoms with Crippen molar-refractivity contribution in [1.29, 1.82) is 0 Å². The van der Waals surface area contributed by atoms with Crippen LogP contribution in [0.4, 0.5) is 4.79 Å². The van der Waals surface area contributed by atoms with Crippen LogP contribution >= 0.6 is 0 Å². The highest BCUT2D eigenvalue weighted by atomic mass is 32.2. The fourth-order valence-electron chi connectivity index (χ4n) is 2.47. The van der Waals surface area contributed by atoms with Crippen molar-refractivity contribution in [2.75, 3.05) is 0 Å². The van der Waals surface area contributed by atoms with E-state index in [0.717, 1.165) is 31.4 Å². The third-order valence-corrected chi connectivity index (χ3v) is 5.29. The summed E-state index contributed by atoms with van der Waals surface area (Å²) in [6, 6.07) is 0.155. The Hall–Kier alpha value is -0.750. The second-order valence-electron chi connectivity index (χ2n) is 8.29. The average molecular weight is 345 g/mol. The van der Waals surface area contributed by atoms with Crippen LogP contribution < -0.4 is 5.32 Å². The van der Waals surface area contributed by atoms with E-state index in [1.807, 2.05) is 48.5 Å². The van der Waals surface area contributed by atoms with Crippen molar-refractivity contribution in [3.05, 3.63) is 0 Å². The Morgan fingerprint density at radius 2 is 1.65 bits per heavy atom. The van der Waals surface area contributed by atoms with Gasteiger partial charge in [-0.25, -0.2) is 4.79 Å². The largest absolute Gasteiger partial charge is 0.591 e. The van der Waals surface area contributed by atoms with E-state index >= 15 is 0 Å². The minimum atomic E-state index is -1.20. The number of hydrogen-bond donors (Lipinski definition) is 1. The third kappa shape index (κ3) is 7.57. The topological polar surface area (TPSA) is 73.8 Å². The van der Waals surface area contributed by atoms with E-state index in [1.165, 1.54) is 0 Å². The molecule has 6 heteroatoms. The van der Waals surface area contributed by atoms with E-state index in [-0.39, 0.29) is 16.9 Å². The van der Waals surface area contributed by atoms with Gasteiger partial charge in [0.05, 0.1) is 5.71 Å². The number of ether oxygens (including phenoxy) is 1. The molecule has 1 N–H and O–H groups in total. The third-order valence-electron chi connectivity index (χ3n) is 3.79. The Morgan fingerprint density at radius 3 is 2.09 bits per heavy atom. The summed E-state index contributed by atoms with van der Waals surface area (Å²) in [5.74, 6) is 0.359. The van der Waals surface area contributed by atoms with Gasteiger partial charge in [0.15, 0.2) is 0 Å². The first-order valence-electron chi connectivity index (χ1n) is 8.35. The molecule has 0 aromatic rings. The molecule has 0 aromatic heterocycles. The molecule has 1 unspecified atom stereocenters. The van der Waals surface area contributed by atoms with Crippen LogP contribution in [-0.2, 0) is 16.1 Å². The SMILES string of the molecule is CC(=N[S+]([O-])C(C)(C)C)C1CCC(NC(=O)OC(C)(C)C)CC1. The standard InChI is InChI=1S/C17H32N2O3S/c1-12(19-23(21)17(5,6)7)13-8-10-14(11-9-13)18-15(20)22-16(2,3)4/h13-14H,8-11H2,1-7H3,(H,18,20). The maximum atomic E-state index is 12.1. The number of amides is 1. The molecule has 0 aliphatic heterocycles. The summed E-state index contributed by atoms with van der Waals surface area (Å²) in [5.41, 5.74) is 0.496. The average Bonchev–Trinajstić information content (AvgIpc) is 2.35. The molecular formula is C17H32N2O3S. The second-order valence-corrected chi connectivity index (χ2v) is 10.2. The molecule has 1 atom stereocenters. The summed E-state index contributed by atoms with van der Waals surface area (Å²) < 4.78 is 21.5. The summed E-state index contributed by atoms with van der Waals surface area (Å²) in [5, 5.41) is 2.94. The molecule has 0 radical (unpaired) electrons. The minimum Gasteiger partial charge on any atom is -0.591 e. The number of rotatable bonds is 3. The van der Waals surface area contributed by atoms with Crippen molar-refractivity contribution in [3.8, 4) is 0 Å². The number of alkyl carbamates (subject to hydrolysis) is 1. The molecule has 0 heterocycles. The van der Waals surface area contributed by atoms with Crippen LogP contribution in [0.3, 0.4) is 0 Å². The van der Waals surface area contributed by atoms with Crippen LogP contribution in [0.2, 0.25) is 0 Å². The highest BCUT2D eigenvalue weighted by molar-refractivity contribution is 7.91. The Kier molecular flexibility index (Phi) is 6.95. The molecule has 1 rings (SSSR count). The zero-order valence-corrected chi connectivity index (χ0v) is 16.4. The first kappa shape index (κ1) is 20.3. The van der Waals surface area contributed by atoms with Crippen LogP contribution in [0.1, 0.15) is 74.1 Å². The highest BCUT2D eigenvalue weighted by Gasteiger charge is 2.30. The van der Waals surface area contributed by atoms with Gasteiger partial charge in [0.25, 0.3) is 0 Å². The molecule has 5 nitrogen and oxygen atoms in total. The fourth-order valence-corrected chi connectivity index (χ4v) is 3.16. The van der Waals surface area contributed by atoms with E-state index < -0.39 is 17.0 Å². The lowest BCUT2D eigenvalue weighted by Crippen LogP contribution is -2.41. The van der Waals surface area contributed by atoms with Crippen LogP contribution in [0.5, 0.6) is 0 Å². The zero-order chi connectivity index (χ0) is 17.8. The van der Waals surface area contributed by atoms with Gasteiger partial charge in [-0.15, -0.1) is 0 Å². The maximum absolute atomic E-state index is 12.1. The number of carbonyl (C=O) groups excluding carboxylic acids is 1. The molecule has 1 saturated carbocycles. The molecule has 1 aliphatic rings. The van der Waals surface area contributed by atoms with Crippen molar-refractivity contribution >= 4 is 23.2 Å². The smallest absolute Gasteiger partial charge is 0.407 e. The van der Waals surface area contributed by atoms with Crippen molar-refractivity contribution in [2.24, 2.45) is 10.3 Å². The quantitative estimate of drug-likeness (QED) is 0.621. The van der Waals surface area contributed by atoms with Gasteiger partial charge in [-0.05, 0) is 74.1 Å². The number of hydrogen-bond acceptors (Lipinski definition) is 4. The van der Waals surface area contributed by atoms with Crippen molar-refractivity contribution in [1.82, 2.24) is 5.32 Å². The van der Waals surface area contributed by atoms with Crippen LogP contribution in [0, 0.1) is 5.92 Å². The predicted octanol–water partition coefficient (Wildman–Crippen LogP) is 3.99. The summed E-state index contributed by atoms with van der Waals surface area (Å²) in [6.45, 7) is 13.3. The summed E-state index contributed by atoms with van der Waals surface area (Å²) in [6.07, 6.45) is 3.37. The number of nitrogens with zero attached hydrogens (tertiary/aromatic N) is 1. The van der Waals surface area contributed by atoms with Gasteiger partial charge >= 0.3 is 6.09 Å². The lowest BCUT2D eigenvalue weighted by molar-refractivity contribution is 0.0491. The normalized spacial score (nSPS) is 25.0. The van der Waals surface area contributed by atoms with Crippen molar-refractivity contribution in [3.63, 3.8) is 0 Å². The Morgan fingerprint density at radius 1 is 1.13 bits per heavy atom. The van der Waals surface area contributed by atoms with Crippen LogP contribution in [0.25, 0.3) is 0 Å². The molecule has 23 heavy (non-hydrogen) atoms. The van der Waals surface area contributed by atoms with E-state index in [2.05, 4.69) is 9.71 Å². The zero-order valence-electron chi connectivity index (χ0n) is 15.6. The van der Waals surface area contributed by atoms with Gasteiger partial charge in [0.1, 0.15) is 21.7 Å². The van der Waals surface area contributed by atoms with Crippen LogP contribution in [-0.4, -0.2) is 32.7 Å². The predicted molar refractivity (Wildman–Crippen MR) is 96.1 cm³/mol. The molecular weight excluding hydrogens is 312 g/mol. The molecule has 1 aliphatic carbocycles. The molecule has 0 spiro atoms. The summed E-state index contributed by atoms with van der Waals surface area (Å²) in [7, 11) is 0. The lowest BCUT2D eigenvalue weighted by Gasteiger charge is -2.30. The summed E-state index contributed by atoms with van der Waals surface area (Å²) >= 11 is -1.20. The van der Waals surface area contributed by atoms with E-state index in [4.69, 9.17) is 4.74 Å². The Bertz CT molecular complexity index is 430. The van der Waals surface area contributed by atoms with Gasteiger partial charge in [-0.3, -0.25) is 0 Å². The Labute approximate surface area is 144 Å². The van der Waals surface area contributed by atoms with Crippen LogP contribution in [0.15, 0.2) is 4.40 Å². The van der Waals surface area contributed by atoms with Gasteiger partial charge in [-0.2, -0.15) is 0 Å². The van der Waals surface area contributed by atoms with Gasteiger partial charge in [0.2, 0.25) is 0 Å². The van der Waals surface area contributed by atoms with Gasteiger partial charge in [0, 0.05) is 12.0 Å². The molecule has 0 aromatic carbocycles. The number of nitrogens with one attached hydrogen (secondary N) is 1. The minimum absolute atomic E-state index is 0.155. The molecule has 134 valence electrons. The number of carbonyl (C=O) groups is 1. The monoisotopic (exact) mass is 344 g/mol. The maximum Gasteiger partial charge on any atom is 0.407 e. The molecule has 0 bridgehead atoms.